The minimum Gasteiger partial charge on any atom is -0.370 e. The summed E-state index contributed by atoms with van der Waals surface area (Å²) in [7, 11) is 0. The molecular weight excluding hydrogens is 240 g/mol. The van der Waals surface area contributed by atoms with E-state index >= 15 is 0 Å². The van der Waals surface area contributed by atoms with Crippen LogP contribution in [0.3, 0.4) is 0 Å². The van der Waals surface area contributed by atoms with Crippen LogP contribution in [-0.2, 0) is 6.54 Å². The van der Waals surface area contributed by atoms with Crippen molar-refractivity contribution >= 4 is 39.4 Å². The normalized spacial score (nSPS) is 10.7. The molecule has 0 aliphatic carbocycles. The third-order valence-electron chi connectivity index (χ3n) is 3.05. The molecule has 0 saturated heterocycles. The highest BCUT2D eigenvalue weighted by atomic mass is 32.1. The minimum absolute atomic E-state index is 0.677. The SMILES string of the molecule is S=[C]NCc1cccc2ncc3ccccc3c12. The maximum Gasteiger partial charge on any atom is 0.134 e. The molecule has 0 amide bonds. The molecule has 3 aromatic rings. The molecule has 18 heavy (non-hydrogen) atoms. The molecule has 1 N–H and O–H groups in total. The Morgan fingerprint density at radius 1 is 1.11 bits per heavy atom. The number of aromatic nitrogens is 1. The van der Waals surface area contributed by atoms with Crippen molar-refractivity contribution in [1.82, 2.24) is 10.3 Å². The molecule has 0 spiro atoms. The van der Waals surface area contributed by atoms with Crippen molar-refractivity contribution in [3.63, 3.8) is 0 Å². The summed E-state index contributed by atoms with van der Waals surface area (Å²) >= 11 is 4.69. The monoisotopic (exact) mass is 251 g/mol. The zero-order chi connectivity index (χ0) is 12.4. The second-order valence-electron chi connectivity index (χ2n) is 4.11. The van der Waals surface area contributed by atoms with Gasteiger partial charge in [-0.15, -0.1) is 0 Å². The molecule has 0 bridgehead atoms. The first-order valence-corrected chi connectivity index (χ1v) is 6.16. The quantitative estimate of drug-likeness (QED) is 0.439. The van der Waals surface area contributed by atoms with Gasteiger partial charge < -0.3 is 5.32 Å². The van der Waals surface area contributed by atoms with Gasteiger partial charge in [0.1, 0.15) is 5.49 Å². The summed E-state index contributed by atoms with van der Waals surface area (Å²) in [4.78, 5) is 4.50. The van der Waals surface area contributed by atoms with E-state index in [-0.39, 0.29) is 0 Å². The average molecular weight is 251 g/mol. The number of hydrogen-bond acceptors (Lipinski definition) is 2. The minimum atomic E-state index is 0.677. The maximum absolute atomic E-state index is 4.69. The molecule has 0 unspecified atom stereocenters. The largest absolute Gasteiger partial charge is 0.370 e. The Kier molecular flexibility index (Phi) is 2.90. The van der Waals surface area contributed by atoms with E-state index in [1.54, 1.807) is 0 Å². The van der Waals surface area contributed by atoms with E-state index in [1.807, 2.05) is 24.4 Å². The smallest absolute Gasteiger partial charge is 0.134 e. The second-order valence-corrected chi connectivity index (χ2v) is 4.32. The van der Waals surface area contributed by atoms with Gasteiger partial charge in [0.2, 0.25) is 0 Å². The highest BCUT2D eigenvalue weighted by Crippen LogP contribution is 2.26. The number of benzene rings is 2. The highest BCUT2D eigenvalue weighted by Gasteiger charge is 2.05. The molecular formula is C15H11N2S. The Labute approximate surface area is 111 Å². The fraction of sp³-hybridized carbons (Fsp3) is 0.0667. The van der Waals surface area contributed by atoms with Crippen LogP contribution in [0.5, 0.6) is 0 Å². The fourth-order valence-electron chi connectivity index (χ4n) is 2.26. The van der Waals surface area contributed by atoms with Crippen molar-refractivity contribution in [2.75, 3.05) is 0 Å². The second kappa shape index (κ2) is 4.70. The molecule has 0 fully saturated rings. The average Bonchev–Trinajstić information content (AvgIpc) is 2.44. The summed E-state index contributed by atoms with van der Waals surface area (Å²) in [6.07, 6.45) is 1.92. The predicted octanol–water partition coefficient (Wildman–Crippen LogP) is 3.31. The summed E-state index contributed by atoms with van der Waals surface area (Å²) < 4.78 is 0. The summed E-state index contributed by atoms with van der Waals surface area (Å²) in [5, 5.41) is 6.53. The molecule has 2 aromatic carbocycles. The molecule has 87 valence electrons. The number of hydrogen-bond donors (Lipinski definition) is 1. The van der Waals surface area contributed by atoms with Gasteiger partial charge in [-0.05, 0) is 17.0 Å². The lowest BCUT2D eigenvalue weighted by atomic mass is 10.0. The van der Waals surface area contributed by atoms with Gasteiger partial charge in [-0.2, -0.15) is 0 Å². The van der Waals surface area contributed by atoms with Gasteiger partial charge in [0.05, 0.1) is 5.52 Å². The summed E-state index contributed by atoms with van der Waals surface area (Å²) in [6.45, 7) is 0.677. The molecule has 2 nitrogen and oxygen atoms in total. The van der Waals surface area contributed by atoms with E-state index in [9.17, 15) is 0 Å². The van der Waals surface area contributed by atoms with Crippen LogP contribution in [0.1, 0.15) is 5.56 Å². The Bertz CT molecular complexity index is 722. The zero-order valence-electron chi connectivity index (χ0n) is 9.68. The lowest BCUT2D eigenvalue weighted by molar-refractivity contribution is 0.954. The van der Waals surface area contributed by atoms with Crippen LogP contribution >= 0.6 is 12.2 Å². The van der Waals surface area contributed by atoms with Gasteiger partial charge in [0.15, 0.2) is 0 Å². The van der Waals surface area contributed by atoms with Crippen molar-refractivity contribution < 1.29 is 0 Å². The predicted molar refractivity (Wildman–Crippen MR) is 78.7 cm³/mol. The van der Waals surface area contributed by atoms with E-state index in [0.717, 1.165) is 10.9 Å². The highest BCUT2D eigenvalue weighted by molar-refractivity contribution is 7.78. The van der Waals surface area contributed by atoms with Crippen molar-refractivity contribution in [2.24, 2.45) is 0 Å². The number of rotatable bonds is 3. The van der Waals surface area contributed by atoms with Crippen molar-refractivity contribution in [1.29, 1.82) is 0 Å². The molecule has 0 aliphatic heterocycles. The first-order chi connectivity index (χ1) is 8.90. The molecule has 3 heteroatoms. The van der Waals surface area contributed by atoms with Gasteiger partial charge in [-0.25, -0.2) is 0 Å². The van der Waals surface area contributed by atoms with Gasteiger partial charge in [-0.1, -0.05) is 48.6 Å². The first kappa shape index (κ1) is 11.1. The molecule has 0 saturated carbocycles. The van der Waals surface area contributed by atoms with Crippen LogP contribution in [0.15, 0.2) is 48.7 Å². The van der Waals surface area contributed by atoms with Crippen LogP contribution in [0.2, 0.25) is 0 Å². The van der Waals surface area contributed by atoms with Crippen molar-refractivity contribution in [3.8, 4) is 0 Å². The Hall–Kier alpha value is -2.00. The number of fused-ring (bicyclic) bond motifs is 3. The van der Waals surface area contributed by atoms with E-state index < -0.39 is 0 Å². The van der Waals surface area contributed by atoms with E-state index in [4.69, 9.17) is 12.2 Å². The van der Waals surface area contributed by atoms with Crippen LogP contribution in [-0.4, -0.2) is 10.5 Å². The Morgan fingerprint density at radius 3 is 2.89 bits per heavy atom. The van der Waals surface area contributed by atoms with Crippen molar-refractivity contribution in [2.45, 2.75) is 6.54 Å². The molecule has 1 radical (unpaired) electrons. The number of thiocarbonyl (C=S) groups is 1. The third-order valence-corrected chi connectivity index (χ3v) is 3.20. The molecule has 1 aromatic heterocycles. The van der Waals surface area contributed by atoms with Crippen LogP contribution in [0.25, 0.3) is 21.7 Å². The van der Waals surface area contributed by atoms with Crippen molar-refractivity contribution in [3.05, 3.63) is 54.2 Å². The van der Waals surface area contributed by atoms with Crippen LogP contribution in [0, 0.1) is 0 Å². The summed E-state index contributed by atoms with van der Waals surface area (Å²) in [5.41, 5.74) is 4.74. The summed E-state index contributed by atoms with van der Waals surface area (Å²) in [5.74, 6) is 0. The standard InChI is InChI=1S/C15H11N2S/c18-10-16-8-12-5-3-7-14-15(12)13-6-2-1-4-11(13)9-17-14/h1-7,9H,8H2,(H,16,18). The molecule has 1 heterocycles. The molecule has 0 atom stereocenters. The van der Waals surface area contributed by atoms with E-state index in [0.29, 0.717) is 6.54 Å². The van der Waals surface area contributed by atoms with Crippen LogP contribution in [0.4, 0.5) is 0 Å². The summed E-state index contributed by atoms with van der Waals surface area (Å²) in [6, 6.07) is 14.4. The Balaban J connectivity index is 2.35. The van der Waals surface area contributed by atoms with E-state index in [1.165, 1.54) is 16.3 Å². The van der Waals surface area contributed by atoms with Gasteiger partial charge in [-0.3, -0.25) is 4.98 Å². The van der Waals surface area contributed by atoms with Crippen LogP contribution < -0.4 is 5.32 Å². The topological polar surface area (TPSA) is 24.9 Å². The Morgan fingerprint density at radius 2 is 2.00 bits per heavy atom. The van der Waals surface area contributed by atoms with Gasteiger partial charge >= 0.3 is 0 Å². The van der Waals surface area contributed by atoms with E-state index in [2.05, 4.69) is 40.1 Å². The number of nitrogens with one attached hydrogen (secondary N) is 1. The molecule has 0 aliphatic rings. The lowest BCUT2D eigenvalue weighted by Gasteiger charge is -2.08. The number of pyridine rings is 1. The number of nitrogens with zero attached hydrogens (tertiary/aromatic N) is 1. The fourth-order valence-corrected chi connectivity index (χ4v) is 2.33. The lowest BCUT2D eigenvalue weighted by Crippen LogP contribution is -2.08. The first-order valence-electron chi connectivity index (χ1n) is 5.75. The maximum atomic E-state index is 4.69. The molecule has 3 rings (SSSR count). The van der Waals surface area contributed by atoms with Gasteiger partial charge in [0, 0.05) is 23.5 Å². The zero-order valence-corrected chi connectivity index (χ0v) is 10.5. The van der Waals surface area contributed by atoms with Gasteiger partial charge in [0.25, 0.3) is 0 Å². The third kappa shape index (κ3) is 1.83.